The smallest absolute Gasteiger partial charge is 0.267 e. The fourth-order valence-corrected chi connectivity index (χ4v) is 5.21. The van der Waals surface area contributed by atoms with Crippen molar-refractivity contribution in [2.24, 2.45) is 4.99 Å². The summed E-state index contributed by atoms with van der Waals surface area (Å²) in [7, 11) is 8.52. The van der Waals surface area contributed by atoms with Gasteiger partial charge in [-0.15, -0.1) is 0 Å². The first-order chi connectivity index (χ1) is 20.2. The molecular weight excluding hydrogens is 551 g/mol. The SMILES string of the molecule is C=C/C=C(\C=C/N(C)/C(=C/C=NC)C(=C)/C=C(\C)C(C)N1CCC(c2c(C)cc(C(=O)N(C)C)cc2F)C(F)(F)C1)NC. The summed E-state index contributed by atoms with van der Waals surface area (Å²) in [5.41, 5.74) is 3.71. The third-order valence-electron chi connectivity index (χ3n) is 7.73. The van der Waals surface area contributed by atoms with E-state index in [9.17, 15) is 4.79 Å². The van der Waals surface area contributed by atoms with E-state index in [1.807, 2.05) is 63.3 Å². The van der Waals surface area contributed by atoms with Crippen LogP contribution in [0.3, 0.4) is 0 Å². The summed E-state index contributed by atoms with van der Waals surface area (Å²) in [4.78, 5) is 21.3. The monoisotopic (exact) mass is 597 g/mol. The van der Waals surface area contributed by atoms with E-state index in [1.165, 1.54) is 11.0 Å². The van der Waals surface area contributed by atoms with Gasteiger partial charge in [0.2, 0.25) is 0 Å². The van der Waals surface area contributed by atoms with Crippen molar-refractivity contribution in [1.82, 2.24) is 20.0 Å². The van der Waals surface area contributed by atoms with Gasteiger partial charge in [-0.2, -0.15) is 0 Å². The second-order valence-electron chi connectivity index (χ2n) is 11.0. The zero-order valence-electron chi connectivity index (χ0n) is 26.7. The zero-order chi connectivity index (χ0) is 32.5. The normalized spacial score (nSPS) is 19.0. The van der Waals surface area contributed by atoms with Gasteiger partial charge in [-0.05, 0) is 80.8 Å². The number of likely N-dealkylation sites (N-methyl/N-ethyl adjacent to an activating group) is 2. The van der Waals surface area contributed by atoms with Gasteiger partial charge in [0.05, 0.1) is 12.5 Å². The number of aliphatic imine (C=N–C) groups is 1. The Morgan fingerprint density at radius 1 is 1.26 bits per heavy atom. The first-order valence-corrected chi connectivity index (χ1v) is 14.2. The quantitative estimate of drug-likeness (QED) is 0.222. The highest BCUT2D eigenvalue weighted by Crippen LogP contribution is 2.43. The number of nitrogens with zero attached hydrogens (tertiary/aromatic N) is 4. The Morgan fingerprint density at radius 2 is 1.93 bits per heavy atom. The molecule has 0 saturated carbocycles. The lowest BCUT2D eigenvalue weighted by Crippen LogP contribution is -2.51. The van der Waals surface area contributed by atoms with Crippen molar-refractivity contribution in [1.29, 1.82) is 0 Å². The number of likely N-dealkylation sites (tertiary alicyclic amines) is 1. The fourth-order valence-electron chi connectivity index (χ4n) is 5.21. The molecule has 2 unspecified atom stereocenters. The molecule has 6 nitrogen and oxygen atoms in total. The third-order valence-corrected chi connectivity index (χ3v) is 7.73. The number of carbonyl (C=O) groups excluding carboxylic acids is 1. The molecule has 234 valence electrons. The number of halogens is 3. The Bertz CT molecular complexity index is 1320. The van der Waals surface area contributed by atoms with Crippen LogP contribution in [0.2, 0.25) is 0 Å². The minimum Gasteiger partial charge on any atom is -0.388 e. The maximum atomic E-state index is 15.7. The summed E-state index contributed by atoms with van der Waals surface area (Å²) < 4.78 is 46.5. The van der Waals surface area contributed by atoms with E-state index in [-0.39, 0.29) is 29.5 Å². The maximum absolute atomic E-state index is 15.7. The maximum Gasteiger partial charge on any atom is 0.267 e. The van der Waals surface area contributed by atoms with Crippen molar-refractivity contribution in [3.05, 3.63) is 107 Å². The summed E-state index contributed by atoms with van der Waals surface area (Å²) in [6.07, 6.45) is 12.8. The molecule has 2 atom stereocenters. The molecule has 1 heterocycles. The van der Waals surface area contributed by atoms with Gasteiger partial charge in [-0.25, -0.2) is 13.2 Å². The highest BCUT2D eigenvalue weighted by molar-refractivity contribution is 5.94. The van der Waals surface area contributed by atoms with Gasteiger partial charge in [-0.3, -0.25) is 14.7 Å². The summed E-state index contributed by atoms with van der Waals surface area (Å²) >= 11 is 0. The van der Waals surface area contributed by atoms with E-state index in [4.69, 9.17) is 0 Å². The van der Waals surface area contributed by atoms with E-state index < -0.39 is 24.2 Å². The van der Waals surface area contributed by atoms with Crippen molar-refractivity contribution in [3.63, 3.8) is 0 Å². The molecule has 1 aromatic rings. The lowest BCUT2D eigenvalue weighted by Gasteiger charge is -2.42. The first kappa shape index (κ1) is 35.3. The van der Waals surface area contributed by atoms with Crippen LogP contribution < -0.4 is 5.32 Å². The molecule has 1 saturated heterocycles. The number of hydrogen-bond donors (Lipinski definition) is 1. The molecular formula is C34H46F3N5O. The Balaban J connectivity index is 2.27. The van der Waals surface area contributed by atoms with E-state index in [0.29, 0.717) is 17.7 Å². The van der Waals surface area contributed by atoms with Crippen LogP contribution in [0.5, 0.6) is 0 Å². The molecule has 9 heteroatoms. The molecule has 0 spiro atoms. The predicted octanol–water partition coefficient (Wildman–Crippen LogP) is 6.47. The van der Waals surface area contributed by atoms with Gasteiger partial charge >= 0.3 is 0 Å². The topological polar surface area (TPSA) is 51.2 Å². The lowest BCUT2D eigenvalue weighted by molar-refractivity contribution is -0.0891. The van der Waals surface area contributed by atoms with Crippen LogP contribution in [-0.4, -0.2) is 87.1 Å². The molecule has 43 heavy (non-hydrogen) atoms. The van der Waals surface area contributed by atoms with Gasteiger partial charge in [0.25, 0.3) is 11.8 Å². The van der Waals surface area contributed by atoms with Crippen LogP contribution in [0.15, 0.2) is 89.4 Å². The standard InChI is InChI=1S/C34H46F3N5O/c1-11-12-28(39-7)14-17-41(10)31(13-16-38-6)24(3)19-23(2)26(5)42-18-15-29(34(36,37)22-42)32-25(4)20-27(21-30(32)35)33(43)40(8)9/h11-14,16-17,19-21,26,29,39H,1,3,15,18,22H2,2,4-10H3/b17-14-,23-19+,28-12+,31-13+,38-16?. The minimum atomic E-state index is -3.17. The number of alkyl halides is 2. The molecule has 1 amide bonds. The van der Waals surface area contributed by atoms with Crippen LogP contribution in [0, 0.1) is 12.7 Å². The third kappa shape index (κ3) is 9.07. The largest absolute Gasteiger partial charge is 0.388 e. The number of allylic oxidation sites excluding steroid dienone is 5. The van der Waals surface area contributed by atoms with Crippen LogP contribution in [0.25, 0.3) is 0 Å². The summed E-state index contributed by atoms with van der Waals surface area (Å²) in [6.45, 7) is 13.2. The Morgan fingerprint density at radius 3 is 2.47 bits per heavy atom. The second kappa shape index (κ2) is 15.6. The van der Waals surface area contributed by atoms with E-state index in [2.05, 4.69) is 23.5 Å². The van der Waals surface area contributed by atoms with Crippen molar-refractivity contribution in [2.45, 2.75) is 45.1 Å². The summed E-state index contributed by atoms with van der Waals surface area (Å²) in [5.74, 6) is -5.58. The average Bonchev–Trinajstić information content (AvgIpc) is 2.94. The first-order valence-electron chi connectivity index (χ1n) is 14.2. The second-order valence-corrected chi connectivity index (χ2v) is 11.0. The van der Waals surface area contributed by atoms with Crippen molar-refractivity contribution < 1.29 is 18.0 Å². The van der Waals surface area contributed by atoms with Crippen LogP contribution in [-0.2, 0) is 0 Å². The molecule has 1 fully saturated rings. The van der Waals surface area contributed by atoms with E-state index in [1.54, 1.807) is 45.3 Å². The van der Waals surface area contributed by atoms with Crippen molar-refractivity contribution in [3.8, 4) is 0 Å². The highest BCUT2D eigenvalue weighted by Gasteiger charge is 2.47. The molecule has 0 radical (unpaired) electrons. The molecule has 2 rings (SSSR count). The number of piperidine rings is 1. The Hall–Kier alpha value is -3.85. The number of amides is 1. The number of nitrogens with one attached hydrogen (secondary N) is 1. The molecule has 0 aromatic heterocycles. The van der Waals surface area contributed by atoms with Gasteiger partial charge in [0.15, 0.2) is 0 Å². The molecule has 1 N–H and O–H groups in total. The predicted molar refractivity (Wildman–Crippen MR) is 172 cm³/mol. The van der Waals surface area contributed by atoms with E-state index >= 15 is 13.2 Å². The van der Waals surface area contributed by atoms with Crippen molar-refractivity contribution in [2.75, 3.05) is 48.3 Å². The molecule has 1 aromatic carbocycles. The number of benzene rings is 1. The molecule has 1 aliphatic heterocycles. The lowest BCUT2D eigenvalue weighted by atomic mass is 9.82. The zero-order valence-corrected chi connectivity index (χ0v) is 26.7. The van der Waals surface area contributed by atoms with Crippen LogP contribution in [0.1, 0.15) is 47.7 Å². The average molecular weight is 598 g/mol. The summed E-state index contributed by atoms with van der Waals surface area (Å²) in [6, 6.07) is 2.27. The van der Waals surface area contributed by atoms with Crippen LogP contribution in [0.4, 0.5) is 13.2 Å². The molecule has 0 aliphatic carbocycles. The number of aryl methyl sites for hydroxylation is 1. The van der Waals surface area contributed by atoms with Gasteiger partial charge in [-0.1, -0.05) is 30.9 Å². The minimum absolute atomic E-state index is 0.0129. The van der Waals surface area contributed by atoms with Crippen molar-refractivity contribution >= 4 is 12.1 Å². The van der Waals surface area contributed by atoms with Gasteiger partial charge in [0.1, 0.15) is 5.82 Å². The highest BCUT2D eigenvalue weighted by atomic mass is 19.3. The fraction of sp³-hybridized carbons (Fsp3) is 0.412. The molecule has 0 bridgehead atoms. The Kier molecular flexibility index (Phi) is 12.8. The molecule has 1 aliphatic rings. The number of carbonyl (C=O) groups is 1. The Labute approximate surface area is 255 Å². The van der Waals surface area contributed by atoms with Gasteiger partial charge < -0.3 is 15.1 Å². The van der Waals surface area contributed by atoms with Crippen LogP contribution >= 0.6 is 0 Å². The number of rotatable bonds is 12. The summed E-state index contributed by atoms with van der Waals surface area (Å²) in [5, 5.41) is 3.08. The van der Waals surface area contributed by atoms with E-state index in [0.717, 1.165) is 23.0 Å². The number of hydrogen-bond acceptors (Lipinski definition) is 5. The van der Waals surface area contributed by atoms with Gasteiger partial charge in [0, 0.05) is 70.7 Å².